The van der Waals surface area contributed by atoms with Gasteiger partial charge >= 0.3 is 0 Å². The van der Waals surface area contributed by atoms with Gasteiger partial charge in [0, 0.05) is 37.1 Å². The van der Waals surface area contributed by atoms with Gasteiger partial charge in [0.1, 0.15) is 11.3 Å². The Labute approximate surface area is 180 Å². The van der Waals surface area contributed by atoms with E-state index in [2.05, 4.69) is 15.6 Å². The first-order valence-corrected chi connectivity index (χ1v) is 10.6. The van der Waals surface area contributed by atoms with Gasteiger partial charge in [0.05, 0.1) is 11.4 Å². The van der Waals surface area contributed by atoms with Crippen molar-refractivity contribution in [3.05, 3.63) is 59.7 Å². The predicted molar refractivity (Wildman–Crippen MR) is 114 cm³/mol. The number of nitrogens with zero attached hydrogens (tertiary/aromatic N) is 4. The normalized spacial score (nSPS) is 19.4. The number of aryl methyl sites for hydroxylation is 2. The number of carbonyl (C=O) groups is 2. The second kappa shape index (κ2) is 7.37. The number of benzene rings is 1. The van der Waals surface area contributed by atoms with Crippen LogP contribution in [0.3, 0.4) is 0 Å². The zero-order chi connectivity index (χ0) is 21.6. The van der Waals surface area contributed by atoms with Gasteiger partial charge < -0.3 is 14.7 Å². The monoisotopic (exact) mass is 419 g/mol. The van der Waals surface area contributed by atoms with Crippen molar-refractivity contribution in [2.45, 2.75) is 33.1 Å². The fourth-order valence-electron chi connectivity index (χ4n) is 4.72. The molecule has 2 fully saturated rings. The molecular weight excluding hydrogens is 394 g/mol. The Morgan fingerprint density at radius 1 is 1.16 bits per heavy atom. The van der Waals surface area contributed by atoms with E-state index in [4.69, 9.17) is 4.52 Å². The lowest BCUT2D eigenvalue weighted by Gasteiger charge is -2.32. The highest BCUT2D eigenvalue weighted by Gasteiger charge is 2.58. The highest BCUT2D eigenvalue weighted by molar-refractivity contribution is 5.97. The van der Waals surface area contributed by atoms with Crippen molar-refractivity contribution in [2.24, 2.45) is 11.3 Å². The Hall–Kier alpha value is -3.42. The van der Waals surface area contributed by atoms with Crippen LogP contribution in [0.25, 0.3) is 5.69 Å². The summed E-state index contributed by atoms with van der Waals surface area (Å²) in [6, 6.07) is 9.54. The SMILES string of the molecule is Cc1noc(C)c1C(=O)N1CCC2(CC1)CC2C(=O)Nc1ccc(-n2cccn2)cc1. The van der Waals surface area contributed by atoms with Gasteiger partial charge in [-0.1, -0.05) is 5.16 Å². The molecule has 1 aromatic carbocycles. The maximum absolute atomic E-state index is 12.8. The topological polar surface area (TPSA) is 93.3 Å². The molecule has 0 bridgehead atoms. The van der Waals surface area contributed by atoms with E-state index in [0.717, 1.165) is 30.6 Å². The molecule has 0 radical (unpaired) electrons. The molecule has 8 heteroatoms. The van der Waals surface area contributed by atoms with Crippen LogP contribution in [0.15, 0.2) is 47.2 Å². The van der Waals surface area contributed by atoms with Crippen LogP contribution in [0, 0.1) is 25.2 Å². The molecule has 1 saturated carbocycles. The summed E-state index contributed by atoms with van der Waals surface area (Å²) in [4.78, 5) is 27.5. The maximum atomic E-state index is 12.8. The Balaban J connectivity index is 1.17. The molecule has 3 aromatic rings. The van der Waals surface area contributed by atoms with Crippen LogP contribution in [0.4, 0.5) is 5.69 Å². The molecule has 8 nitrogen and oxygen atoms in total. The fourth-order valence-corrected chi connectivity index (χ4v) is 4.72. The summed E-state index contributed by atoms with van der Waals surface area (Å²) >= 11 is 0. The zero-order valence-corrected chi connectivity index (χ0v) is 17.7. The third kappa shape index (κ3) is 3.52. The molecule has 1 atom stereocenters. The number of anilines is 1. The number of hydrogen-bond acceptors (Lipinski definition) is 5. The molecule has 1 spiro atoms. The van der Waals surface area contributed by atoms with Crippen molar-refractivity contribution in [3.63, 3.8) is 0 Å². The number of amides is 2. The number of carbonyl (C=O) groups excluding carboxylic acids is 2. The minimum absolute atomic E-state index is 0.00890. The van der Waals surface area contributed by atoms with Gasteiger partial charge in [0.15, 0.2) is 0 Å². The van der Waals surface area contributed by atoms with Gasteiger partial charge in [-0.2, -0.15) is 5.10 Å². The van der Waals surface area contributed by atoms with Crippen LogP contribution < -0.4 is 5.32 Å². The lowest BCUT2D eigenvalue weighted by atomic mass is 9.90. The van der Waals surface area contributed by atoms with Gasteiger partial charge in [0.25, 0.3) is 5.91 Å². The van der Waals surface area contributed by atoms with Crippen LogP contribution in [0.2, 0.25) is 0 Å². The number of hydrogen-bond donors (Lipinski definition) is 1. The molecule has 3 heterocycles. The molecule has 1 unspecified atom stereocenters. The van der Waals surface area contributed by atoms with E-state index in [1.165, 1.54) is 0 Å². The Kier molecular flexibility index (Phi) is 4.64. The van der Waals surface area contributed by atoms with Crippen LogP contribution in [0.5, 0.6) is 0 Å². The maximum Gasteiger partial charge on any atom is 0.259 e. The van der Waals surface area contributed by atoms with Crippen molar-refractivity contribution in [1.82, 2.24) is 19.8 Å². The smallest absolute Gasteiger partial charge is 0.259 e. The van der Waals surface area contributed by atoms with E-state index in [-0.39, 0.29) is 23.1 Å². The number of piperidine rings is 1. The van der Waals surface area contributed by atoms with Crippen molar-refractivity contribution < 1.29 is 14.1 Å². The van der Waals surface area contributed by atoms with Gasteiger partial charge in [-0.3, -0.25) is 9.59 Å². The molecular formula is C23H25N5O3. The van der Waals surface area contributed by atoms with E-state index in [1.807, 2.05) is 41.4 Å². The average molecular weight is 419 g/mol. The van der Waals surface area contributed by atoms with E-state index in [9.17, 15) is 9.59 Å². The quantitative estimate of drug-likeness (QED) is 0.700. The van der Waals surface area contributed by atoms with Crippen LogP contribution in [-0.2, 0) is 4.79 Å². The third-order valence-electron chi connectivity index (χ3n) is 6.70. The molecule has 1 saturated heterocycles. The second-order valence-corrected chi connectivity index (χ2v) is 8.60. The van der Waals surface area contributed by atoms with Crippen molar-refractivity contribution in [2.75, 3.05) is 18.4 Å². The molecule has 160 valence electrons. The highest BCUT2D eigenvalue weighted by Crippen LogP contribution is 2.59. The summed E-state index contributed by atoms with van der Waals surface area (Å²) in [6.45, 7) is 4.87. The fraction of sp³-hybridized carbons (Fsp3) is 0.391. The summed E-state index contributed by atoms with van der Waals surface area (Å²) in [6.07, 6.45) is 6.19. The van der Waals surface area contributed by atoms with Crippen LogP contribution >= 0.6 is 0 Å². The van der Waals surface area contributed by atoms with Crippen molar-refractivity contribution in [3.8, 4) is 5.69 Å². The summed E-state index contributed by atoms with van der Waals surface area (Å²) in [5.41, 5.74) is 2.95. The molecule has 5 rings (SSSR count). The summed E-state index contributed by atoms with van der Waals surface area (Å²) in [7, 11) is 0. The molecule has 2 amide bonds. The highest BCUT2D eigenvalue weighted by atomic mass is 16.5. The lowest BCUT2D eigenvalue weighted by molar-refractivity contribution is -0.118. The largest absolute Gasteiger partial charge is 0.361 e. The molecule has 31 heavy (non-hydrogen) atoms. The second-order valence-electron chi connectivity index (χ2n) is 8.60. The van der Waals surface area contributed by atoms with E-state index < -0.39 is 0 Å². The number of likely N-dealkylation sites (tertiary alicyclic amines) is 1. The van der Waals surface area contributed by atoms with Crippen LogP contribution in [0.1, 0.15) is 41.1 Å². The summed E-state index contributed by atoms with van der Waals surface area (Å²) in [5, 5.41) is 11.1. The summed E-state index contributed by atoms with van der Waals surface area (Å²) < 4.78 is 6.92. The lowest BCUT2D eigenvalue weighted by Crippen LogP contribution is -2.40. The first kappa shape index (κ1) is 19.5. The van der Waals surface area contributed by atoms with E-state index in [1.54, 1.807) is 24.7 Å². The first-order chi connectivity index (χ1) is 15.0. The van der Waals surface area contributed by atoms with Crippen molar-refractivity contribution >= 4 is 17.5 Å². The molecule has 1 aliphatic heterocycles. The van der Waals surface area contributed by atoms with E-state index >= 15 is 0 Å². The Morgan fingerprint density at radius 3 is 2.52 bits per heavy atom. The zero-order valence-electron chi connectivity index (χ0n) is 17.7. The minimum atomic E-state index is -0.0231. The standard InChI is InChI=1S/C23H25N5O3/c1-15-20(16(2)31-26-15)22(30)27-12-8-23(9-13-27)14-19(23)21(29)25-17-4-6-18(7-5-17)28-11-3-10-24-28/h3-7,10-11,19H,8-9,12-14H2,1-2H3,(H,25,29). The van der Waals surface area contributed by atoms with Gasteiger partial charge in [-0.05, 0) is 68.9 Å². The van der Waals surface area contributed by atoms with E-state index in [0.29, 0.717) is 30.1 Å². The molecule has 1 aliphatic carbocycles. The van der Waals surface area contributed by atoms with Gasteiger partial charge in [0.2, 0.25) is 5.91 Å². The minimum Gasteiger partial charge on any atom is -0.361 e. The average Bonchev–Trinajstić information content (AvgIpc) is 3.09. The number of aromatic nitrogens is 3. The predicted octanol–water partition coefficient (Wildman–Crippen LogP) is 3.36. The Morgan fingerprint density at radius 2 is 1.90 bits per heavy atom. The number of rotatable bonds is 4. The Bertz CT molecular complexity index is 1090. The molecule has 2 aliphatic rings. The van der Waals surface area contributed by atoms with Crippen molar-refractivity contribution in [1.29, 1.82) is 0 Å². The van der Waals surface area contributed by atoms with Gasteiger partial charge in [-0.25, -0.2) is 4.68 Å². The third-order valence-corrected chi connectivity index (χ3v) is 6.70. The number of nitrogens with one attached hydrogen (secondary N) is 1. The molecule has 2 aromatic heterocycles. The van der Waals surface area contributed by atoms with Crippen LogP contribution in [-0.4, -0.2) is 44.7 Å². The van der Waals surface area contributed by atoms with Gasteiger partial charge in [-0.15, -0.1) is 0 Å². The first-order valence-electron chi connectivity index (χ1n) is 10.6. The molecule has 1 N–H and O–H groups in total. The summed E-state index contributed by atoms with van der Waals surface area (Å²) in [5.74, 6) is 0.613.